The number of rotatable bonds is 7. The minimum Gasteiger partial charge on any atom is -0.314 e. The summed E-state index contributed by atoms with van der Waals surface area (Å²) in [5.74, 6) is 0.996. The lowest BCUT2D eigenvalue weighted by Crippen LogP contribution is -2.33. The van der Waals surface area contributed by atoms with Crippen molar-refractivity contribution < 1.29 is 0 Å². The molecule has 1 fully saturated rings. The summed E-state index contributed by atoms with van der Waals surface area (Å²) in [6, 6.07) is 0.681. The van der Waals surface area contributed by atoms with Gasteiger partial charge in [-0.3, -0.25) is 0 Å². The Morgan fingerprint density at radius 1 is 1.24 bits per heavy atom. The average molecular weight is 240 g/mol. The summed E-state index contributed by atoms with van der Waals surface area (Å²) in [5, 5.41) is 3.58. The molecular formula is C15H32N2. The third kappa shape index (κ3) is 6.42. The van der Waals surface area contributed by atoms with E-state index in [0.29, 0.717) is 6.04 Å². The Hall–Kier alpha value is -0.0800. The minimum atomic E-state index is 0.681. The highest BCUT2D eigenvalue weighted by atomic mass is 15.1. The van der Waals surface area contributed by atoms with Crippen LogP contribution in [0, 0.1) is 5.92 Å². The number of nitrogens with zero attached hydrogens (tertiary/aromatic N) is 1. The maximum absolute atomic E-state index is 3.58. The molecule has 0 aromatic rings. The van der Waals surface area contributed by atoms with E-state index in [9.17, 15) is 0 Å². The predicted molar refractivity (Wildman–Crippen MR) is 76.4 cm³/mol. The second-order valence-corrected chi connectivity index (χ2v) is 5.69. The predicted octanol–water partition coefficient (Wildman–Crippen LogP) is 3.28. The van der Waals surface area contributed by atoms with E-state index in [1.54, 1.807) is 0 Å². The normalized spacial score (nSPS) is 24.5. The number of hydrogen-bond acceptors (Lipinski definition) is 2. The van der Waals surface area contributed by atoms with Gasteiger partial charge in [-0.15, -0.1) is 0 Å². The van der Waals surface area contributed by atoms with Gasteiger partial charge in [-0.1, -0.05) is 20.3 Å². The van der Waals surface area contributed by atoms with Gasteiger partial charge in [0.15, 0.2) is 0 Å². The Morgan fingerprint density at radius 2 is 2.06 bits per heavy atom. The van der Waals surface area contributed by atoms with Crippen molar-refractivity contribution in [3.05, 3.63) is 0 Å². The van der Waals surface area contributed by atoms with E-state index in [2.05, 4.69) is 31.0 Å². The first-order chi connectivity index (χ1) is 8.26. The summed E-state index contributed by atoms with van der Waals surface area (Å²) >= 11 is 0. The summed E-state index contributed by atoms with van der Waals surface area (Å²) in [7, 11) is 0. The van der Waals surface area contributed by atoms with E-state index in [1.165, 1.54) is 64.7 Å². The van der Waals surface area contributed by atoms with Crippen LogP contribution in [0.15, 0.2) is 0 Å². The summed E-state index contributed by atoms with van der Waals surface area (Å²) in [5.41, 5.74) is 0. The van der Waals surface area contributed by atoms with Crippen LogP contribution in [0.1, 0.15) is 59.3 Å². The molecule has 2 nitrogen and oxygen atoms in total. The summed E-state index contributed by atoms with van der Waals surface area (Å²) in [6.45, 7) is 12.0. The van der Waals surface area contributed by atoms with E-state index < -0.39 is 0 Å². The minimum absolute atomic E-state index is 0.681. The Balaban J connectivity index is 2.14. The largest absolute Gasteiger partial charge is 0.314 e. The van der Waals surface area contributed by atoms with Crippen LogP contribution in [-0.2, 0) is 0 Å². The molecule has 0 aromatic carbocycles. The standard InChI is InChI=1S/C15H32N2/c1-4-10-16-14(3)8-12-17-11-6-7-15(5-2)9-13-17/h14-16H,4-13H2,1-3H3. The molecule has 0 saturated carbocycles. The van der Waals surface area contributed by atoms with E-state index in [1.807, 2.05) is 0 Å². The maximum atomic E-state index is 3.58. The van der Waals surface area contributed by atoms with Crippen molar-refractivity contribution in [1.29, 1.82) is 0 Å². The molecule has 0 radical (unpaired) electrons. The zero-order valence-corrected chi connectivity index (χ0v) is 12.2. The van der Waals surface area contributed by atoms with E-state index in [0.717, 1.165) is 5.92 Å². The first-order valence-corrected chi connectivity index (χ1v) is 7.72. The van der Waals surface area contributed by atoms with Crippen LogP contribution in [0.25, 0.3) is 0 Å². The van der Waals surface area contributed by atoms with Crippen LogP contribution in [0.5, 0.6) is 0 Å². The lowest BCUT2D eigenvalue weighted by Gasteiger charge is -2.22. The molecule has 2 unspecified atom stereocenters. The van der Waals surface area contributed by atoms with Crippen molar-refractivity contribution in [2.45, 2.75) is 65.3 Å². The molecule has 0 bridgehead atoms. The molecule has 1 heterocycles. The fraction of sp³-hybridized carbons (Fsp3) is 1.00. The number of hydrogen-bond donors (Lipinski definition) is 1. The highest BCUT2D eigenvalue weighted by Gasteiger charge is 2.15. The molecule has 2 atom stereocenters. The molecule has 1 saturated heterocycles. The lowest BCUT2D eigenvalue weighted by molar-refractivity contribution is 0.264. The van der Waals surface area contributed by atoms with Crippen molar-refractivity contribution in [2.75, 3.05) is 26.2 Å². The molecular weight excluding hydrogens is 208 g/mol. The van der Waals surface area contributed by atoms with Crippen LogP contribution in [-0.4, -0.2) is 37.1 Å². The van der Waals surface area contributed by atoms with Crippen LogP contribution in [0.2, 0.25) is 0 Å². The highest BCUT2D eigenvalue weighted by molar-refractivity contribution is 4.71. The molecule has 0 spiro atoms. The third-order valence-electron chi connectivity index (χ3n) is 4.14. The van der Waals surface area contributed by atoms with Gasteiger partial charge in [0.05, 0.1) is 0 Å². The Bertz CT molecular complexity index is 182. The van der Waals surface area contributed by atoms with Crippen molar-refractivity contribution in [1.82, 2.24) is 10.2 Å². The van der Waals surface area contributed by atoms with Crippen LogP contribution < -0.4 is 5.32 Å². The first kappa shape index (κ1) is 15.0. The highest BCUT2D eigenvalue weighted by Crippen LogP contribution is 2.20. The van der Waals surface area contributed by atoms with Gasteiger partial charge in [0.2, 0.25) is 0 Å². The van der Waals surface area contributed by atoms with Gasteiger partial charge in [0.1, 0.15) is 0 Å². The Kier molecular flexibility index (Phi) is 7.87. The van der Waals surface area contributed by atoms with Gasteiger partial charge in [0.25, 0.3) is 0 Å². The van der Waals surface area contributed by atoms with Gasteiger partial charge in [-0.2, -0.15) is 0 Å². The number of nitrogens with one attached hydrogen (secondary N) is 1. The molecule has 1 aliphatic heterocycles. The molecule has 0 aromatic heterocycles. The zero-order chi connectivity index (χ0) is 12.5. The van der Waals surface area contributed by atoms with Gasteiger partial charge in [-0.05, 0) is 71.1 Å². The molecule has 0 amide bonds. The first-order valence-electron chi connectivity index (χ1n) is 7.72. The van der Waals surface area contributed by atoms with E-state index in [-0.39, 0.29) is 0 Å². The summed E-state index contributed by atoms with van der Waals surface area (Å²) < 4.78 is 0. The lowest BCUT2D eigenvalue weighted by atomic mass is 9.98. The average Bonchev–Trinajstić information content (AvgIpc) is 2.58. The fourth-order valence-electron chi connectivity index (χ4n) is 2.73. The monoisotopic (exact) mass is 240 g/mol. The maximum Gasteiger partial charge on any atom is 0.00508 e. The zero-order valence-electron chi connectivity index (χ0n) is 12.2. The molecule has 1 rings (SSSR count). The van der Waals surface area contributed by atoms with Crippen molar-refractivity contribution in [2.24, 2.45) is 5.92 Å². The van der Waals surface area contributed by atoms with Gasteiger partial charge in [0, 0.05) is 6.04 Å². The van der Waals surface area contributed by atoms with Crippen LogP contribution in [0.4, 0.5) is 0 Å². The fourth-order valence-corrected chi connectivity index (χ4v) is 2.73. The summed E-state index contributed by atoms with van der Waals surface area (Å²) in [4.78, 5) is 2.68. The smallest absolute Gasteiger partial charge is 0.00508 e. The topological polar surface area (TPSA) is 15.3 Å². The molecule has 0 aliphatic carbocycles. The van der Waals surface area contributed by atoms with Crippen LogP contribution in [0.3, 0.4) is 0 Å². The Labute approximate surface area is 108 Å². The van der Waals surface area contributed by atoms with Crippen LogP contribution >= 0.6 is 0 Å². The van der Waals surface area contributed by atoms with Crippen molar-refractivity contribution in [3.63, 3.8) is 0 Å². The quantitative estimate of drug-likeness (QED) is 0.735. The Morgan fingerprint density at radius 3 is 2.76 bits per heavy atom. The van der Waals surface area contributed by atoms with Crippen molar-refractivity contribution in [3.8, 4) is 0 Å². The second kappa shape index (κ2) is 8.93. The van der Waals surface area contributed by atoms with Crippen molar-refractivity contribution >= 4 is 0 Å². The third-order valence-corrected chi connectivity index (χ3v) is 4.14. The molecule has 2 heteroatoms. The van der Waals surface area contributed by atoms with Gasteiger partial charge >= 0.3 is 0 Å². The van der Waals surface area contributed by atoms with E-state index in [4.69, 9.17) is 0 Å². The molecule has 1 aliphatic rings. The second-order valence-electron chi connectivity index (χ2n) is 5.69. The SMILES string of the molecule is CCCNC(C)CCN1CCCC(CC)CC1. The van der Waals surface area contributed by atoms with Gasteiger partial charge < -0.3 is 10.2 Å². The summed E-state index contributed by atoms with van der Waals surface area (Å²) in [6.07, 6.45) is 8.21. The molecule has 17 heavy (non-hydrogen) atoms. The number of likely N-dealkylation sites (tertiary alicyclic amines) is 1. The molecule has 1 N–H and O–H groups in total. The van der Waals surface area contributed by atoms with Gasteiger partial charge in [-0.25, -0.2) is 0 Å². The molecule has 102 valence electrons. The van der Waals surface area contributed by atoms with E-state index >= 15 is 0 Å².